The fraction of sp³-hybridized carbons (Fsp3) is 0.406. The summed E-state index contributed by atoms with van der Waals surface area (Å²) < 4.78 is 39.5. The third-order valence-electron chi connectivity index (χ3n) is 7.06. The average Bonchev–Trinajstić information content (AvgIpc) is 3.50. The van der Waals surface area contributed by atoms with Crippen molar-refractivity contribution in [3.63, 3.8) is 0 Å². The van der Waals surface area contributed by atoms with E-state index in [9.17, 15) is 13.7 Å². The number of nitrogens with zero attached hydrogens (tertiary/aromatic N) is 6. The van der Waals surface area contributed by atoms with Gasteiger partial charge in [0.1, 0.15) is 39.1 Å². The molecule has 0 bridgehead atoms. The van der Waals surface area contributed by atoms with Gasteiger partial charge < -0.3 is 19.5 Å². The van der Waals surface area contributed by atoms with E-state index in [-0.39, 0.29) is 17.7 Å². The van der Waals surface area contributed by atoms with Gasteiger partial charge in [0.25, 0.3) is 0 Å². The highest BCUT2D eigenvalue weighted by Gasteiger charge is 2.34. The first-order valence-electron chi connectivity index (χ1n) is 14.6. The molecular weight excluding hydrogens is 581 g/mol. The number of likely N-dealkylation sites (tertiary alicyclic amines) is 1. The van der Waals surface area contributed by atoms with Crippen LogP contribution in [-0.4, -0.2) is 64.4 Å². The molecule has 5 rings (SSSR count). The monoisotopic (exact) mass is 619 g/mol. The molecule has 1 fully saturated rings. The molecule has 4 heterocycles. The Morgan fingerprint density at radius 3 is 2.50 bits per heavy atom. The van der Waals surface area contributed by atoms with Crippen LogP contribution in [-0.2, 0) is 16.1 Å². The van der Waals surface area contributed by atoms with Crippen LogP contribution in [0.2, 0.25) is 0 Å². The van der Waals surface area contributed by atoms with Crippen LogP contribution < -0.4 is 5.32 Å². The summed E-state index contributed by atoms with van der Waals surface area (Å²) in [6, 6.07) is 12.1. The quantitative estimate of drug-likeness (QED) is 0.191. The Bertz CT molecular complexity index is 1660. The largest absolute Gasteiger partial charge is 0.591 e. The van der Waals surface area contributed by atoms with E-state index in [1.54, 1.807) is 52.4 Å². The Morgan fingerprint density at radius 1 is 1.11 bits per heavy atom. The van der Waals surface area contributed by atoms with Crippen LogP contribution in [0.25, 0.3) is 16.6 Å². The fourth-order valence-corrected chi connectivity index (χ4v) is 5.45. The van der Waals surface area contributed by atoms with E-state index in [1.165, 1.54) is 6.07 Å². The lowest BCUT2D eigenvalue weighted by Crippen LogP contribution is -2.43. The maximum absolute atomic E-state index is 15.0. The SMILES string of the molecule is CC(C)(C)OC(=O)N1CCC(/C(=N\[S+]([O-])C(C)(C)C)c2ccc3cnc(Nc4ccc(-n5cccn5)cc4F)cc3n2)CC1. The molecule has 232 valence electrons. The number of anilines is 2. The number of carbonyl (C=O) groups is 1. The van der Waals surface area contributed by atoms with Crippen molar-refractivity contribution in [2.24, 2.45) is 10.3 Å². The number of piperidine rings is 1. The second kappa shape index (κ2) is 12.5. The minimum absolute atomic E-state index is 0.0493. The number of pyridine rings is 2. The lowest BCUT2D eigenvalue weighted by atomic mass is 9.90. The standard InChI is InChI=1S/C32H38FN7O3S/c1-31(2,3)43-30(41)39-16-12-21(13-17-39)29(38-44(42)32(4,5)6)26-10-8-22-20-34-28(19-27(22)36-26)37-25-11-9-23(18-24(25)33)40-15-7-14-35-40/h7-11,14-15,18-21H,12-13,16-17H2,1-6H3,(H,34,37)/b38-29+. The van der Waals surface area contributed by atoms with Gasteiger partial charge in [-0.1, -0.05) is 4.40 Å². The summed E-state index contributed by atoms with van der Waals surface area (Å²) in [7, 11) is 0. The predicted octanol–water partition coefficient (Wildman–Crippen LogP) is 6.60. The number of amides is 1. The molecule has 10 nitrogen and oxygen atoms in total. The van der Waals surface area contributed by atoms with Crippen molar-refractivity contribution < 1.29 is 18.5 Å². The molecule has 0 saturated carbocycles. The highest BCUT2D eigenvalue weighted by Crippen LogP contribution is 2.29. The molecule has 1 N–H and O–H groups in total. The van der Waals surface area contributed by atoms with Gasteiger partial charge in [0, 0.05) is 55.1 Å². The van der Waals surface area contributed by atoms with Crippen molar-refractivity contribution in [2.45, 2.75) is 64.7 Å². The van der Waals surface area contributed by atoms with Crippen LogP contribution in [0, 0.1) is 11.7 Å². The van der Waals surface area contributed by atoms with Crippen LogP contribution in [0.5, 0.6) is 0 Å². The zero-order valence-corrected chi connectivity index (χ0v) is 26.7. The number of fused-ring (bicyclic) bond motifs is 1. The first-order chi connectivity index (χ1) is 20.8. The Morgan fingerprint density at radius 2 is 1.86 bits per heavy atom. The summed E-state index contributed by atoms with van der Waals surface area (Å²) in [6.45, 7) is 12.2. The number of carbonyl (C=O) groups excluding carboxylic acids is 1. The zero-order valence-electron chi connectivity index (χ0n) is 25.9. The number of halogens is 1. The van der Waals surface area contributed by atoms with Crippen molar-refractivity contribution in [3.8, 4) is 5.69 Å². The molecule has 0 spiro atoms. The van der Waals surface area contributed by atoms with E-state index in [0.717, 1.165) is 5.39 Å². The van der Waals surface area contributed by atoms with Crippen molar-refractivity contribution in [3.05, 3.63) is 72.6 Å². The zero-order chi connectivity index (χ0) is 31.6. The van der Waals surface area contributed by atoms with Gasteiger partial charge in [-0.05, 0) is 84.7 Å². The van der Waals surface area contributed by atoms with E-state index >= 15 is 0 Å². The second-order valence-electron chi connectivity index (χ2n) is 12.8. The minimum Gasteiger partial charge on any atom is -0.591 e. The fourth-order valence-electron chi connectivity index (χ4n) is 4.75. The molecule has 44 heavy (non-hydrogen) atoms. The van der Waals surface area contributed by atoms with Crippen LogP contribution >= 0.6 is 0 Å². The summed E-state index contributed by atoms with van der Waals surface area (Å²) >= 11 is -1.51. The molecule has 4 aromatic rings. The van der Waals surface area contributed by atoms with Crippen LogP contribution in [0.1, 0.15) is 60.1 Å². The smallest absolute Gasteiger partial charge is 0.410 e. The summed E-state index contributed by atoms with van der Waals surface area (Å²) in [4.78, 5) is 23.7. The Labute approximate surface area is 260 Å². The molecule has 1 aromatic carbocycles. The summed E-state index contributed by atoms with van der Waals surface area (Å²) in [6.07, 6.45) is 5.99. The second-order valence-corrected chi connectivity index (χ2v) is 14.7. The molecule has 1 amide bonds. The van der Waals surface area contributed by atoms with Crippen LogP contribution in [0.15, 0.2) is 65.5 Å². The van der Waals surface area contributed by atoms with Crippen LogP contribution in [0.3, 0.4) is 0 Å². The molecule has 12 heteroatoms. The van der Waals surface area contributed by atoms with Crippen molar-refractivity contribution in [1.29, 1.82) is 0 Å². The number of hydrogen-bond acceptors (Lipinski definition) is 8. The van der Waals surface area contributed by atoms with Gasteiger partial charge in [-0.25, -0.2) is 23.8 Å². The molecule has 1 atom stereocenters. The predicted molar refractivity (Wildman–Crippen MR) is 171 cm³/mol. The van der Waals surface area contributed by atoms with Crippen molar-refractivity contribution >= 4 is 45.6 Å². The number of benzene rings is 1. The van der Waals surface area contributed by atoms with Gasteiger partial charge in [0.15, 0.2) is 0 Å². The first kappa shape index (κ1) is 31.4. The topological polar surface area (TPSA) is 121 Å². The molecular formula is C32H38FN7O3S. The van der Waals surface area contributed by atoms with E-state index in [2.05, 4.69) is 15.4 Å². The molecule has 0 radical (unpaired) electrons. The highest BCUT2D eigenvalue weighted by atomic mass is 32.2. The van der Waals surface area contributed by atoms with Gasteiger partial charge in [0.2, 0.25) is 0 Å². The third-order valence-corrected chi connectivity index (χ3v) is 8.47. The summed E-state index contributed by atoms with van der Waals surface area (Å²) in [5.41, 5.74) is 2.19. The van der Waals surface area contributed by atoms with Gasteiger partial charge in [0.05, 0.1) is 22.6 Å². The van der Waals surface area contributed by atoms with E-state index in [0.29, 0.717) is 54.4 Å². The Balaban J connectivity index is 1.40. The average molecular weight is 620 g/mol. The first-order valence-corrected chi connectivity index (χ1v) is 15.7. The van der Waals surface area contributed by atoms with Crippen molar-refractivity contribution in [2.75, 3.05) is 18.4 Å². The number of aromatic nitrogens is 4. The van der Waals surface area contributed by atoms with E-state index in [1.807, 2.05) is 53.7 Å². The maximum Gasteiger partial charge on any atom is 0.410 e. The summed E-state index contributed by atoms with van der Waals surface area (Å²) in [5, 5.41) is 7.99. The number of rotatable bonds is 6. The molecule has 1 unspecified atom stereocenters. The van der Waals surface area contributed by atoms with Gasteiger partial charge in [-0.3, -0.25) is 0 Å². The van der Waals surface area contributed by atoms with Gasteiger partial charge in [-0.2, -0.15) is 5.10 Å². The molecule has 1 aliphatic rings. The Kier molecular flexibility index (Phi) is 8.94. The van der Waals surface area contributed by atoms with Crippen molar-refractivity contribution in [1.82, 2.24) is 24.6 Å². The number of ether oxygens (including phenoxy) is 1. The number of hydrogen-bond donors (Lipinski definition) is 1. The molecule has 0 aliphatic carbocycles. The number of nitrogens with one attached hydrogen (secondary N) is 1. The normalized spacial score (nSPS) is 15.8. The van der Waals surface area contributed by atoms with Gasteiger partial charge in [-0.15, -0.1) is 0 Å². The third kappa shape index (κ3) is 7.54. The van der Waals surface area contributed by atoms with Crippen LogP contribution in [0.4, 0.5) is 20.7 Å². The lowest BCUT2D eigenvalue weighted by Gasteiger charge is -2.33. The van der Waals surface area contributed by atoms with E-state index in [4.69, 9.17) is 14.1 Å². The van der Waals surface area contributed by atoms with Gasteiger partial charge >= 0.3 is 6.09 Å². The summed E-state index contributed by atoms with van der Waals surface area (Å²) in [5.74, 6) is -0.0690. The maximum atomic E-state index is 15.0. The lowest BCUT2D eigenvalue weighted by molar-refractivity contribution is 0.0202. The highest BCUT2D eigenvalue weighted by molar-refractivity contribution is 7.91. The molecule has 3 aromatic heterocycles. The Hall–Kier alpha value is -4.03. The molecule has 1 aliphatic heterocycles. The minimum atomic E-state index is -1.51. The van der Waals surface area contributed by atoms with E-state index < -0.39 is 27.5 Å². The molecule has 1 saturated heterocycles.